The Labute approximate surface area is 126 Å². The van der Waals surface area contributed by atoms with E-state index >= 15 is 0 Å². The van der Waals surface area contributed by atoms with Crippen LogP contribution >= 0.6 is 0 Å². The van der Waals surface area contributed by atoms with E-state index in [1.165, 1.54) is 0 Å². The largest absolute Gasteiger partial charge is 4.00 e. The average Bonchev–Trinajstić information content (AvgIpc) is 2.39. The molecule has 0 saturated heterocycles. The second-order valence-electron chi connectivity index (χ2n) is 2.82. The Hall–Kier alpha value is 0.710. The minimum atomic E-state index is 0. The fraction of sp³-hybridized carbons (Fsp3) is 1.00. The van der Waals surface area contributed by atoms with Crippen LogP contribution in [0.2, 0.25) is 0 Å². The summed E-state index contributed by atoms with van der Waals surface area (Å²) in [5.41, 5.74) is 0. The molecule has 0 radical (unpaired) electrons. The first kappa shape index (κ1) is 30.6. The van der Waals surface area contributed by atoms with Crippen LogP contribution < -0.4 is 20.4 Å². The van der Waals surface area contributed by atoms with Crippen molar-refractivity contribution in [2.45, 2.75) is 53.4 Å². The van der Waals surface area contributed by atoms with Crippen molar-refractivity contribution in [3.63, 3.8) is 0 Å². The molecule has 0 fully saturated rings. The summed E-state index contributed by atoms with van der Waals surface area (Å²) in [6.07, 6.45) is 3.06. The molecule has 17 heavy (non-hydrogen) atoms. The van der Waals surface area contributed by atoms with Gasteiger partial charge in [0.05, 0.1) is 0 Å². The third-order valence-corrected chi connectivity index (χ3v) is 0.816. The van der Waals surface area contributed by atoms with Gasteiger partial charge in [0.25, 0.3) is 0 Å². The molecule has 0 atom stereocenters. The fourth-order valence-electron chi connectivity index (χ4n) is 0. The van der Waals surface area contributed by atoms with Gasteiger partial charge in [0, 0.05) is 0 Å². The van der Waals surface area contributed by atoms with Crippen LogP contribution in [0, 0.1) is 0 Å². The van der Waals surface area contributed by atoms with E-state index in [2.05, 4.69) is 0 Å². The summed E-state index contributed by atoms with van der Waals surface area (Å²) in [5.74, 6) is 0. The Kier molecular flexibility index (Phi) is 97.9. The second-order valence-corrected chi connectivity index (χ2v) is 2.82. The summed E-state index contributed by atoms with van der Waals surface area (Å²) < 4.78 is 0. The zero-order valence-electron chi connectivity index (χ0n) is 11.8. The molecule has 0 rings (SSSR count). The quantitative estimate of drug-likeness (QED) is 0.553. The Morgan fingerprint density at radius 2 is 0.529 bits per heavy atom. The summed E-state index contributed by atoms with van der Waals surface area (Å²) in [6, 6.07) is 0. The molecule has 0 N–H and O–H groups in total. The topological polar surface area (TPSA) is 92.2 Å². The van der Waals surface area contributed by atoms with Crippen molar-refractivity contribution in [3.05, 3.63) is 0 Å². The molecule has 0 bridgehead atoms. The Morgan fingerprint density at radius 3 is 0.529 bits per heavy atom. The van der Waals surface area contributed by atoms with Crippen LogP contribution in [0.15, 0.2) is 0 Å². The van der Waals surface area contributed by atoms with Gasteiger partial charge in [-0.05, 0) is 0 Å². The predicted molar refractivity (Wildman–Crippen MR) is 60.6 cm³/mol. The van der Waals surface area contributed by atoms with Crippen molar-refractivity contribution in [3.8, 4) is 0 Å². The van der Waals surface area contributed by atoms with E-state index in [-0.39, 0.29) is 52.3 Å². The minimum absolute atomic E-state index is 0. The van der Waals surface area contributed by atoms with Crippen molar-refractivity contribution < 1.29 is 46.3 Å². The van der Waals surface area contributed by atoms with E-state index in [1.807, 2.05) is 27.7 Å². The molecule has 5 heteroatoms. The maximum atomic E-state index is 9.30. The Bertz CT molecular complexity index is 42.5. The molecular formula is C12H28HfO4. The van der Waals surface area contributed by atoms with Crippen molar-refractivity contribution in [2.75, 3.05) is 26.4 Å². The minimum Gasteiger partial charge on any atom is -0.854 e. The Morgan fingerprint density at radius 1 is 0.471 bits per heavy atom. The van der Waals surface area contributed by atoms with Crippen molar-refractivity contribution in [1.29, 1.82) is 0 Å². The summed E-state index contributed by atoms with van der Waals surface area (Å²) in [6.45, 7) is 7.75. The molecule has 0 amide bonds. The van der Waals surface area contributed by atoms with Gasteiger partial charge in [-0.1, -0.05) is 53.4 Å². The maximum absolute atomic E-state index is 9.30. The van der Waals surface area contributed by atoms with Gasteiger partial charge < -0.3 is 20.4 Å². The predicted octanol–water partition coefficient (Wildman–Crippen LogP) is -0.976. The van der Waals surface area contributed by atoms with E-state index in [0.717, 1.165) is 25.7 Å². The standard InChI is InChI=1S/4C3H7O.Hf/c4*1-2-3-4;/h4*2-3H2,1H3;/q4*-1;+4. The van der Waals surface area contributed by atoms with Crippen molar-refractivity contribution >= 4 is 0 Å². The fourth-order valence-corrected chi connectivity index (χ4v) is 0. The third kappa shape index (κ3) is 163. The third-order valence-electron chi connectivity index (χ3n) is 0.816. The zero-order chi connectivity index (χ0) is 13.7. The molecule has 0 aliphatic carbocycles. The van der Waals surface area contributed by atoms with Crippen LogP contribution in [0.4, 0.5) is 0 Å². The molecule has 0 aromatic heterocycles. The second kappa shape index (κ2) is 54.4. The molecule has 0 saturated carbocycles. The summed E-state index contributed by atoms with van der Waals surface area (Å²) in [4.78, 5) is 0. The molecule has 0 aromatic rings. The van der Waals surface area contributed by atoms with Crippen molar-refractivity contribution in [1.82, 2.24) is 0 Å². The molecule has 0 unspecified atom stereocenters. The number of hydrogen-bond donors (Lipinski definition) is 0. The summed E-state index contributed by atoms with van der Waals surface area (Å²) >= 11 is 0. The van der Waals surface area contributed by atoms with Crippen LogP contribution in [0.3, 0.4) is 0 Å². The van der Waals surface area contributed by atoms with Crippen LogP contribution in [-0.4, -0.2) is 26.4 Å². The van der Waals surface area contributed by atoms with Crippen LogP contribution in [-0.2, 0) is 25.8 Å². The SMILES string of the molecule is CCC[O-].CCC[O-].CCC[O-].CCC[O-].[Hf+4]. The monoisotopic (exact) mass is 416 g/mol. The van der Waals surface area contributed by atoms with Crippen LogP contribution in [0.5, 0.6) is 0 Å². The number of rotatable bonds is 4. The van der Waals surface area contributed by atoms with Gasteiger partial charge >= 0.3 is 25.8 Å². The smallest absolute Gasteiger partial charge is 0.854 e. The van der Waals surface area contributed by atoms with Gasteiger partial charge in [0.15, 0.2) is 0 Å². The first-order valence-electron chi connectivity index (χ1n) is 5.98. The Balaban J connectivity index is -0.0000000369. The van der Waals surface area contributed by atoms with Crippen LogP contribution in [0.1, 0.15) is 53.4 Å². The van der Waals surface area contributed by atoms with Gasteiger partial charge in [0.1, 0.15) is 0 Å². The normalized spacial score (nSPS) is 7.06. The average molecular weight is 415 g/mol. The van der Waals surface area contributed by atoms with E-state index < -0.39 is 0 Å². The van der Waals surface area contributed by atoms with Gasteiger partial charge in [0.2, 0.25) is 0 Å². The molecule has 0 aliphatic heterocycles. The van der Waals surface area contributed by atoms with Crippen LogP contribution in [0.25, 0.3) is 0 Å². The maximum Gasteiger partial charge on any atom is 4.00 e. The van der Waals surface area contributed by atoms with Gasteiger partial charge in [-0.2, -0.15) is 0 Å². The zero-order valence-corrected chi connectivity index (χ0v) is 15.4. The van der Waals surface area contributed by atoms with E-state index in [4.69, 9.17) is 0 Å². The van der Waals surface area contributed by atoms with E-state index in [9.17, 15) is 20.4 Å². The first-order chi connectivity index (χ1) is 7.66. The molecule has 0 aromatic carbocycles. The van der Waals surface area contributed by atoms with Gasteiger partial charge in [-0.15, -0.1) is 26.4 Å². The molecule has 0 aliphatic rings. The summed E-state index contributed by atoms with van der Waals surface area (Å²) in [7, 11) is 0. The molecule has 4 nitrogen and oxygen atoms in total. The van der Waals surface area contributed by atoms with Crippen molar-refractivity contribution in [2.24, 2.45) is 0 Å². The van der Waals surface area contributed by atoms with Gasteiger partial charge in [-0.25, -0.2) is 0 Å². The molecule has 0 heterocycles. The molecule has 0 spiro atoms. The van der Waals surface area contributed by atoms with E-state index in [1.54, 1.807) is 0 Å². The summed E-state index contributed by atoms with van der Waals surface area (Å²) in [5, 5.41) is 37.2. The number of hydrogen-bond acceptors (Lipinski definition) is 4. The first-order valence-corrected chi connectivity index (χ1v) is 5.98. The molecule has 104 valence electrons. The van der Waals surface area contributed by atoms with Gasteiger partial charge in [-0.3, -0.25) is 0 Å². The molecular weight excluding hydrogens is 387 g/mol. The van der Waals surface area contributed by atoms with E-state index in [0.29, 0.717) is 0 Å².